The fraction of sp³-hybridized carbons (Fsp3) is 0.300. The van der Waals surface area contributed by atoms with Crippen molar-refractivity contribution in [2.24, 2.45) is 0 Å². The minimum absolute atomic E-state index is 0.120. The van der Waals surface area contributed by atoms with Crippen LogP contribution in [0.25, 0.3) is 0 Å². The van der Waals surface area contributed by atoms with Crippen LogP contribution < -0.4 is 5.32 Å². The van der Waals surface area contributed by atoms with Gasteiger partial charge in [-0.05, 0) is 42.4 Å². The number of fused-ring (bicyclic) bond motifs is 2. The Morgan fingerprint density at radius 2 is 1.71 bits per heavy atom. The molecule has 1 spiro atoms. The molecule has 2 aliphatic rings. The molecule has 1 N–H and O–H groups in total. The molecule has 2 aromatic carbocycles. The van der Waals surface area contributed by atoms with Gasteiger partial charge < -0.3 is 5.32 Å². The summed E-state index contributed by atoms with van der Waals surface area (Å²) >= 11 is 0. The van der Waals surface area contributed by atoms with Crippen molar-refractivity contribution in [3.05, 3.63) is 71.3 Å². The van der Waals surface area contributed by atoms with Crippen LogP contribution in [0.5, 0.6) is 0 Å². The van der Waals surface area contributed by atoms with Gasteiger partial charge in [-0.2, -0.15) is 0 Å². The summed E-state index contributed by atoms with van der Waals surface area (Å²) in [6.07, 6.45) is 3.60. The van der Waals surface area contributed by atoms with E-state index in [0.29, 0.717) is 13.0 Å². The summed E-state index contributed by atoms with van der Waals surface area (Å²) in [5, 5.41) is 3.02. The number of nitrogens with one attached hydrogen (secondary N) is 1. The first-order chi connectivity index (χ1) is 11.7. The quantitative estimate of drug-likeness (QED) is 0.863. The van der Waals surface area contributed by atoms with E-state index in [1.807, 2.05) is 48.5 Å². The Bertz CT molecular complexity index is 787. The molecular formula is C20H20N2O2. The van der Waals surface area contributed by atoms with Gasteiger partial charge in [0.1, 0.15) is 5.54 Å². The largest absolute Gasteiger partial charge is 0.325 e. The third kappa shape index (κ3) is 2.30. The molecule has 1 fully saturated rings. The van der Waals surface area contributed by atoms with Gasteiger partial charge in [0, 0.05) is 0 Å². The number of benzene rings is 2. The molecule has 0 aromatic heterocycles. The van der Waals surface area contributed by atoms with Crippen LogP contribution in [-0.2, 0) is 23.3 Å². The summed E-state index contributed by atoms with van der Waals surface area (Å²) in [4.78, 5) is 27.2. The Balaban J connectivity index is 1.72. The maximum Gasteiger partial charge on any atom is 0.325 e. The maximum absolute atomic E-state index is 13.3. The van der Waals surface area contributed by atoms with Crippen molar-refractivity contribution < 1.29 is 9.59 Å². The lowest BCUT2D eigenvalue weighted by atomic mass is 9.84. The molecule has 2 aromatic rings. The number of urea groups is 1. The number of hydrogen-bond acceptors (Lipinski definition) is 2. The van der Waals surface area contributed by atoms with Gasteiger partial charge in [-0.3, -0.25) is 9.69 Å². The first kappa shape index (κ1) is 14.9. The van der Waals surface area contributed by atoms with Crippen molar-refractivity contribution in [1.29, 1.82) is 0 Å². The second-order valence-electron chi connectivity index (χ2n) is 6.58. The SMILES string of the molecule is O=C1NC2(CCCCc3ccccc32)C(=O)N1Cc1ccccc1. The van der Waals surface area contributed by atoms with Gasteiger partial charge in [0.15, 0.2) is 0 Å². The number of aryl methyl sites for hydroxylation is 1. The molecule has 4 heteroatoms. The lowest BCUT2D eigenvalue weighted by Gasteiger charge is -2.27. The Labute approximate surface area is 141 Å². The molecule has 0 radical (unpaired) electrons. The Morgan fingerprint density at radius 3 is 2.54 bits per heavy atom. The Kier molecular flexibility index (Phi) is 3.60. The van der Waals surface area contributed by atoms with Gasteiger partial charge in [0.2, 0.25) is 0 Å². The molecule has 3 amide bonds. The van der Waals surface area contributed by atoms with Crippen molar-refractivity contribution in [2.45, 2.75) is 37.8 Å². The van der Waals surface area contributed by atoms with Gasteiger partial charge in [-0.25, -0.2) is 4.79 Å². The second-order valence-corrected chi connectivity index (χ2v) is 6.58. The van der Waals surface area contributed by atoms with E-state index < -0.39 is 5.54 Å². The molecule has 122 valence electrons. The van der Waals surface area contributed by atoms with E-state index in [4.69, 9.17) is 0 Å². The molecule has 1 aliphatic carbocycles. The van der Waals surface area contributed by atoms with E-state index in [2.05, 4.69) is 11.4 Å². The summed E-state index contributed by atoms with van der Waals surface area (Å²) in [6.45, 7) is 0.315. The van der Waals surface area contributed by atoms with Crippen LogP contribution in [0.2, 0.25) is 0 Å². The zero-order valence-corrected chi connectivity index (χ0v) is 13.5. The van der Waals surface area contributed by atoms with E-state index in [-0.39, 0.29) is 11.9 Å². The van der Waals surface area contributed by atoms with Crippen LogP contribution in [0.4, 0.5) is 4.79 Å². The van der Waals surface area contributed by atoms with Crippen molar-refractivity contribution in [3.63, 3.8) is 0 Å². The van der Waals surface area contributed by atoms with Crippen molar-refractivity contribution in [1.82, 2.24) is 10.2 Å². The number of amides is 3. The van der Waals surface area contributed by atoms with E-state index in [1.54, 1.807) is 0 Å². The highest BCUT2D eigenvalue weighted by atomic mass is 16.2. The lowest BCUT2D eigenvalue weighted by Crippen LogP contribution is -2.44. The van der Waals surface area contributed by atoms with Crippen molar-refractivity contribution >= 4 is 11.9 Å². The van der Waals surface area contributed by atoms with E-state index in [9.17, 15) is 9.59 Å². The Hall–Kier alpha value is -2.62. The number of nitrogens with zero attached hydrogens (tertiary/aromatic N) is 1. The van der Waals surface area contributed by atoms with E-state index >= 15 is 0 Å². The van der Waals surface area contributed by atoms with E-state index in [1.165, 1.54) is 10.5 Å². The van der Waals surface area contributed by atoms with Crippen molar-refractivity contribution in [3.8, 4) is 0 Å². The van der Waals surface area contributed by atoms with Crippen LogP contribution in [0, 0.1) is 0 Å². The molecule has 1 heterocycles. The zero-order chi connectivity index (χ0) is 16.6. The van der Waals surface area contributed by atoms with E-state index in [0.717, 1.165) is 30.4 Å². The predicted octanol–water partition coefficient (Wildman–Crippen LogP) is 3.36. The molecule has 4 rings (SSSR count). The third-order valence-corrected chi connectivity index (χ3v) is 5.08. The molecule has 0 bridgehead atoms. The molecule has 0 saturated carbocycles. The lowest BCUT2D eigenvalue weighted by molar-refractivity contribution is -0.132. The molecule has 1 aliphatic heterocycles. The zero-order valence-electron chi connectivity index (χ0n) is 13.5. The van der Waals surface area contributed by atoms with Gasteiger partial charge >= 0.3 is 6.03 Å². The molecule has 1 unspecified atom stereocenters. The van der Waals surface area contributed by atoms with Gasteiger partial charge in [0.05, 0.1) is 6.54 Å². The fourth-order valence-electron chi connectivity index (χ4n) is 3.88. The summed E-state index contributed by atoms with van der Waals surface area (Å²) in [5.41, 5.74) is 2.21. The minimum Gasteiger partial charge on any atom is -0.319 e. The highest BCUT2D eigenvalue weighted by Gasteiger charge is 2.53. The highest BCUT2D eigenvalue weighted by Crippen LogP contribution is 2.39. The third-order valence-electron chi connectivity index (χ3n) is 5.08. The highest BCUT2D eigenvalue weighted by molar-refractivity contribution is 6.07. The molecule has 4 nitrogen and oxygen atoms in total. The molecule has 1 saturated heterocycles. The number of carbonyl (C=O) groups is 2. The number of rotatable bonds is 2. The predicted molar refractivity (Wildman–Crippen MR) is 91.2 cm³/mol. The van der Waals surface area contributed by atoms with Crippen LogP contribution in [0.1, 0.15) is 36.0 Å². The van der Waals surface area contributed by atoms with Crippen molar-refractivity contribution in [2.75, 3.05) is 0 Å². The molecule has 1 atom stereocenters. The summed E-state index contributed by atoms with van der Waals surface area (Å²) in [7, 11) is 0. The van der Waals surface area contributed by atoms with Gasteiger partial charge in [-0.1, -0.05) is 54.6 Å². The van der Waals surface area contributed by atoms with Crippen LogP contribution >= 0.6 is 0 Å². The fourth-order valence-corrected chi connectivity index (χ4v) is 3.88. The first-order valence-electron chi connectivity index (χ1n) is 8.47. The molecule has 24 heavy (non-hydrogen) atoms. The minimum atomic E-state index is -0.890. The number of hydrogen-bond donors (Lipinski definition) is 1. The van der Waals surface area contributed by atoms with Gasteiger partial charge in [-0.15, -0.1) is 0 Å². The smallest absolute Gasteiger partial charge is 0.319 e. The first-order valence-corrected chi connectivity index (χ1v) is 8.47. The average molecular weight is 320 g/mol. The second kappa shape index (κ2) is 5.78. The van der Waals surface area contributed by atoms with Crippen LogP contribution in [-0.4, -0.2) is 16.8 Å². The molecular weight excluding hydrogens is 300 g/mol. The Morgan fingerprint density at radius 1 is 0.958 bits per heavy atom. The average Bonchev–Trinajstić information content (AvgIpc) is 2.76. The summed E-state index contributed by atoms with van der Waals surface area (Å²) in [6, 6.07) is 17.4. The topological polar surface area (TPSA) is 49.4 Å². The van der Waals surface area contributed by atoms with Crippen LogP contribution in [0.15, 0.2) is 54.6 Å². The number of imide groups is 1. The normalized spacial score (nSPS) is 23.1. The summed E-state index contributed by atoms with van der Waals surface area (Å²) < 4.78 is 0. The maximum atomic E-state index is 13.3. The monoisotopic (exact) mass is 320 g/mol. The standard InChI is InChI=1S/C20H20N2O2/c23-18-20(13-7-6-11-16-10-4-5-12-17(16)20)21-19(24)22(18)14-15-8-2-1-3-9-15/h1-5,8-10,12H,6-7,11,13-14H2,(H,21,24). The summed E-state index contributed by atoms with van der Waals surface area (Å²) in [5.74, 6) is -0.120. The van der Waals surface area contributed by atoms with Gasteiger partial charge in [0.25, 0.3) is 5.91 Å². The van der Waals surface area contributed by atoms with Crippen LogP contribution in [0.3, 0.4) is 0 Å². The number of carbonyl (C=O) groups excluding carboxylic acids is 2.